The van der Waals surface area contributed by atoms with E-state index in [4.69, 9.17) is 11.6 Å². The maximum absolute atomic E-state index is 13.6. The van der Waals surface area contributed by atoms with Crippen LogP contribution in [0.25, 0.3) is 10.9 Å². The molecule has 0 bridgehead atoms. The van der Waals surface area contributed by atoms with Crippen LogP contribution in [0.4, 0.5) is 5.69 Å². The van der Waals surface area contributed by atoms with E-state index in [0.717, 1.165) is 58.9 Å². The lowest BCUT2D eigenvalue weighted by Crippen LogP contribution is -2.49. The standard InChI is InChI=1S/C28H34ClN7O/c1-17-7-9-20-15-22(27(37)30-24(20)19(17)3)25(26-31-32-33-36(26)28(4,5)6)35-13-11-34(12-14-35)23-16-21(29)10-8-18(23)2/h7-10,15-16,25H,11-14H2,1-6H3,(H,30,37)/t25-/m1/s1. The highest BCUT2D eigenvalue weighted by molar-refractivity contribution is 6.30. The Morgan fingerprint density at radius 3 is 2.38 bits per heavy atom. The van der Waals surface area contributed by atoms with Gasteiger partial charge in [-0.1, -0.05) is 29.8 Å². The first-order valence-corrected chi connectivity index (χ1v) is 13.1. The molecule has 1 aliphatic rings. The summed E-state index contributed by atoms with van der Waals surface area (Å²) in [6.45, 7) is 15.5. The number of H-pyrrole nitrogens is 1. The number of aromatic nitrogens is 5. The Kier molecular flexibility index (Phi) is 6.58. The van der Waals surface area contributed by atoms with Gasteiger partial charge in [0.2, 0.25) is 0 Å². The molecular weight excluding hydrogens is 486 g/mol. The molecule has 3 heterocycles. The van der Waals surface area contributed by atoms with Crippen molar-refractivity contribution < 1.29 is 0 Å². The molecule has 1 atom stereocenters. The van der Waals surface area contributed by atoms with Crippen LogP contribution in [-0.4, -0.2) is 56.3 Å². The Hall–Kier alpha value is -3.23. The molecule has 1 fully saturated rings. The SMILES string of the molecule is Cc1ccc(Cl)cc1N1CCN([C@H](c2cc3ccc(C)c(C)c3[nH]c2=O)c2nnnn2C(C)(C)C)CC1. The number of benzene rings is 2. The van der Waals surface area contributed by atoms with E-state index in [1.54, 1.807) is 0 Å². The fourth-order valence-electron chi connectivity index (χ4n) is 5.23. The van der Waals surface area contributed by atoms with E-state index < -0.39 is 0 Å². The van der Waals surface area contributed by atoms with E-state index in [1.807, 2.05) is 29.8 Å². The third-order valence-corrected chi connectivity index (χ3v) is 7.67. The van der Waals surface area contributed by atoms with Crippen molar-refractivity contribution in [1.82, 2.24) is 30.1 Å². The van der Waals surface area contributed by atoms with Crippen molar-refractivity contribution in [1.29, 1.82) is 0 Å². The molecule has 0 unspecified atom stereocenters. The van der Waals surface area contributed by atoms with Gasteiger partial charge in [0, 0.05) is 42.5 Å². The number of aryl methyl sites for hydroxylation is 3. The van der Waals surface area contributed by atoms with Crippen molar-refractivity contribution in [3.63, 3.8) is 0 Å². The van der Waals surface area contributed by atoms with Gasteiger partial charge in [0.05, 0.1) is 11.1 Å². The van der Waals surface area contributed by atoms with Gasteiger partial charge in [0.25, 0.3) is 5.56 Å². The smallest absolute Gasteiger partial charge is 0.253 e. The largest absolute Gasteiger partial charge is 0.369 e. The second kappa shape index (κ2) is 9.58. The summed E-state index contributed by atoms with van der Waals surface area (Å²) in [6.07, 6.45) is 0. The average Bonchev–Trinajstić information content (AvgIpc) is 3.35. The number of hydrogen-bond donors (Lipinski definition) is 1. The van der Waals surface area contributed by atoms with Crippen molar-refractivity contribution in [2.45, 2.75) is 53.1 Å². The van der Waals surface area contributed by atoms with Crippen molar-refractivity contribution in [3.8, 4) is 0 Å². The number of pyridine rings is 1. The molecule has 8 nitrogen and oxygen atoms in total. The molecule has 5 rings (SSSR count). The average molecular weight is 520 g/mol. The van der Waals surface area contributed by atoms with Gasteiger partial charge in [-0.3, -0.25) is 9.69 Å². The molecule has 4 aromatic rings. The van der Waals surface area contributed by atoms with Crippen molar-refractivity contribution >= 4 is 28.2 Å². The fraction of sp³-hybridized carbons (Fsp3) is 0.429. The van der Waals surface area contributed by atoms with E-state index in [1.165, 1.54) is 5.56 Å². The number of fused-ring (bicyclic) bond motifs is 1. The highest BCUT2D eigenvalue weighted by Gasteiger charge is 2.35. The monoisotopic (exact) mass is 519 g/mol. The number of tetrazole rings is 1. The molecule has 194 valence electrons. The first-order chi connectivity index (χ1) is 17.5. The predicted octanol–water partition coefficient (Wildman–Crippen LogP) is 4.76. The molecule has 1 N–H and O–H groups in total. The van der Waals surface area contributed by atoms with Gasteiger partial charge in [-0.15, -0.1) is 5.10 Å². The summed E-state index contributed by atoms with van der Waals surface area (Å²) in [7, 11) is 0. The molecule has 1 saturated heterocycles. The number of nitrogens with one attached hydrogen (secondary N) is 1. The van der Waals surface area contributed by atoms with E-state index in [0.29, 0.717) is 11.4 Å². The van der Waals surface area contributed by atoms with E-state index in [-0.39, 0.29) is 17.1 Å². The Morgan fingerprint density at radius 2 is 1.68 bits per heavy atom. The zero-order chi connectivity index (χ0) is 26.5. The molecule has 2 aromatic heterocycles. The lowest BCUT2D eigenvalue weighted by molar-refractivity contribution is 0.190. The Bertz CT molecular complexity index is 1510. The molecule has 1 aliphatic heterocycles. The van der Waals surface area contributed by atoms with Crippen molar-refractivity contribution in [3.05, 3.63) is 79.9 Å². The van der Waals surface area contributed by atoms with Crippen LogP contribution in [0.5, 0.6) is 0 Å². The summed E-state index contributed by atoms with van der Waals surface area (Å²) in [5, 5.41) is 14.6. The minimum Gasteiger partial charge on any atom is -0.369 e. The van der Waals surface area contributed by atoms with Gasteiger partial charge in [-0.25, -0.2) is 4.68 Å². The quantitative estimate of drug-likeness (QED) is 0.418. The van der Waals surface area contributed by atoms with Gasteiger partial charge in [-0.2, -0.15) is 0 Å². The molecular formula is C28H34ClN7O. The molecule has 0 saturated carbocycles. The van der Waals surface area contributed by atoms with Crippen LogP contribution in [0.3, 0.4) is 0 Å². The topological polar surface area (TPSA) is 82.9 Å². The lowest BCUT2D eigenvalue weighted by atomic mass is 9.99. The fourth-order valence-corrected chi connectivity index (χ4v) is 5.40. The number of rotatable bonds is 4. The van der Waals surface area contributed by atoms with Gasteiger partial charge in [-0.05, 0) is 92.2 Å². The van der Waals surface area contributed by atoms with Gasteiger partial charge in [0.1, 0.15) is 6.04 Å². The van der Waals surface area contributed by atoms with Crippen LogP contribution < -0.4 is 10.5 Å². The van der Waals surface area contributed by atoms with Gasteiger partial charge < -0.3 is 9.88 Å². The predicted molar refractivity (Wildman–Crippen MR) is 149 cm³/mol. The van der Waals surface area contributed by atoms with Crippen LogP contribution in [0.2, 0.25) is 5.02 Å². The van der Waals surface area contributed by atoms with E-state index >= 15 is 0 Å². The maximum Gasteiger partial charge on any atom is 0.253 e. The molecule has 0 radical (unpaired) electrons. The summed E-state index contributed by atoms with van der Waals surface area (Å²) >= 11 is 6.31. The Morgan fingerprint density at radius 1 is 0.973 bits per heavy atom. The molecule has 0 amide bonds. The van der Waals surface area contributed by atoms with Crippen molar-refractivity contribution in [2.75, 3.05) is 31.1 Å². The summed E-state index contributed by atoms with van der Waals surface area (Å²) in [6, 6.07) is 11.8. The summed E-state index contributed by atoms with van der Waals surface area (Å²) < 4.78 is 1.84. The van der Waals surface area contributed by atoms with E-state index in [2.05, 4.69) is 83.1 Å². The molecule has 0 spiro atoms. The highest BCUT2D eigenvalue weighted by Crippen LogP contribution is 2.32. The zero-order valence-electron chi connectivity index (χ0n) is 22.3. The second-order valence-corrected chi connectivity index (χ2v) is 11.4. The van der Waals surface area contributed by atoms with Gasteiger partial charge >= 0.3 is 0 Å². The Labute approximate surface area is 222 Å². The molecule has 0 aliphatic carbocycles. The minimum atomic E-state index is -0.383. The number of piperazine rings is 1. The van der Waals surface area contributed by atoms with E-state index in [9.17, 15) is 4.79 Å². The summed E-state index contributed by atoms with van der Waals surface area (Å²) in [4.78, 5) is 21.5. The van der Waals surface area contributed by atoms with Crippen LogP contribution in [-0.2, 0) is 5.54 Å². The first-order valence-electron chi connectivity index (χ1n) is 12.7. The normalized spacial score (nSPS) is 15.9. The van der Waals surface area contributed by atoms with Crippen LogP contribution in [0.1, 0.15) is 54.9 Å². The molecule has 2 aromatic carbocycles. The summed E-state index contributed by atoms with van der Waals surface area (Å²) in [5.41, 5.74) is 5.67. The second-order valence-electron chi connectivity index (χ2n) is 11.0. The van der Waals surface area contributed by atoms with Crippen LogP contribution in [0.15, 0.2) is 41.2 Å². The van der Waals surface area contributed by atoms with Crippen LogP contribution >= 0.6 is 11.6 Å². The number of nitrogens with zero attached hydrogens (tertiary/aromatic N) is 6. The zero-order valence-corrected chi connectivity index (χ0v) is 23.1. The van der Waals surface area contributed by atoms with Crippen molar-refractivity contribution in [2.24, 2.45) is 0 Å². The number of aromatic amines is 1. The number of hydrogen-bond acceptors (Lipinski definition) is 6. The number of anilines is 1. The summed E-state index contributed by atoms with van der Waals surface area (Å²) in [5.74, 6) is 0.675. The molecule has 9 heteroatoms. The third kappa shape index (κ3) is 4.76. The minimum absolute atomic E-state index is 0.109. The lowest BCUT2D eigenvalue weighted by Gasteiger charge is -2.40. The Balaban J connectivity index is 1.57. The first kappa shape index (κ1) is 25.4. The highest BCUT2D eigenvalue weighted by atomic mass is 35.5. The number of halogens is 1. The van der Waals surface area contributed by atoms with Gasteiger partial charge in [0.15, 0.2) is 5.82 Å². The van der Waals surface area contributed by atoms with Crippen LogP contribution in [0, 0.1) is 20.8 Å². The molecule has 37 heavy (non-hydrogen) atoms. The third-order valence-electron chi connectivity index (χ3n) is 7.44. The maximum atomic E-state index is 13.6.